The van der Waals surface area contributed by atoms with Crippen molar-refractivity contribution in [3.05, 3.63) is 89.5 Å². The molecule has 0 aliphatic heterocycles. The summed E-state index contributed by atoms with van der Waals surface area (Å²) in [7, 11) is 0. The summed E-state index contributed by atoms with van der Waals surface area (Å²) in [5, 5.41) is 2.09. The molecule has 0 aromatic heterocycles. The molecule has 0 N–H and O–H groups in total. The molecule has 0 aliphatic rings. The van der Waals surface area contributed by atoms with E-state index in [0.717, 1.165) is 28.5 Å². The van der Waals surface area contributed by atoms with E-state index in [9.17, 15) is 18.0 Å². The molecule has 0 bridgehead atoms. The Morgan fingerprint density at radius 2 is 1.67 bits per heavy atom. The minimum atomic E-state index is -4.41. The molecule has 3 aromatic carbocycles. The Balaban J connectivity index is 1.90. The third-order valence-electron chi connectivity index (χ3n) is 5.20. The highest BCUT2D eigenvalue weighted by Crippen LogP contribution is 2.31. The summed E-state index contributed by atoms with van der Waals surface area (Å²) in [6.07, 6.45) is -1.63. The van der Waals surface area contributed by atoms with Crippen molar-refractivity contribution in [1.29, 1.82) is 0 Å². The van der Waals surface area contributed by atoms with Crippen LogP contribution in [-0.2, 0) is 10.9 Å². The van der Waals surface area contributed by atoms with Crippen molar-refractivity contribution in [3.63, 3.8) is 0 Å². The fourth-order valence-corrected chi connectivity index (χ4v) is 3.61. The number of rotatable bonds is 5. The van der Waals surface area contributed by atoms with E-state index in [-0.39, 0.29) is 12.6 Å². The zero-order chi connectivity index (χ0) is 24.2. The van der Waals surface area contributed by atoms with Gasteiger partial charge in [-0.25, -0.2) is 4.79 Å². The molecule has 0 saturated carbocycles. The van der Waals surface area contributed by atoms with Gasteiger partial charge >= 0.3 is 12.3 Å². The summed E-state index contributed by atoms with van der Waals surface area (Å²) in [5.74, 6) is 0. The maximum Gasteiger partial charge on any atom is 0.416 e. The van der Waals surface area contributed by atoms with Crippen LogP contribution in [-0.4, -0.2) is 23.1 Å². The number of nitrogens with zero attached hydrogens (tertiary/aromatic N) is 1. The molecule has 0 heterocycles. The molecule has 3 aromatic rings. The summed E-state index contributed by atoms with van der Waals surface area (Å²) in [5.41, 5.74) is -0.0190. The van der Waals surface area contributed by atoms with Gasteiger partial charge in [0.1, 0.15) is 5.60 Å². The number of carbonyl (C=O) groups excluding carboxylic acids is 1. The first-order valence-corrected chi connectivity index (χ1v) is 10.8. The fourth-order valence-electron chi connectivity index (χ4n) is 3.61. The molecule has 3 nitrogen and oxygen atoms in total. The molecule has 1 amide bonds. The zero-order valence-electron chi connectivity index (χ0n) is 19.2. The second-order valence-corrected chi connectivity index (χ2v) is 8.90. The maximum atomic E-state index is 13.1. The van der Waals surface area contributed by atoms with Crippen LogP contribution >= 0.6 is 0 Å². The number of halogens is 3. The smallest absolute Gasteiger partial charge is 0.416 e. The number of ether oxygens (including phenoxy) is 1. The minimum absolute atomic E-state index is 0.176. The molecular formula is C27H28F3NO2. The van der Waals surface area contributed by atoms with Crippen molar-refractivity contribution in [3.8, 4) is 0 Å². The molecule has 0 spiro atoms. The van der Waals surface area contributed by atoms with Gasteiger partial charge in [0, 0.05) is 6.54 Å². The summed E-state index contributed by atoms with van der Waals surface area (Å²) >= 11 is 0. The minimum Gasteiger partial charge on any atom is -0.444 e. The molecule has 33 heavy (non-hydrogen) atoms. The third-order valence-corrected chi connectivity index (χ3v) is 5.20. The van der Waals surface area contributed by atoms with Crippen molar-refractivity contribution in [2.45, 2.75) is 45.5 Å². The van der Waals surface area contributed by atoms with E-state index < -0.39 is 23.4 Å². The molecule has 174 valence electrons. The Labute approximate surface area is 192 Å². The van der Waals surface area contributed by atoms with Crippen LogP contribution in [0.25, 0.3) is 16.8 Å². The molecule has 0 saturated heterocycles. The zero-order valence-corrected chi connectivity index (χ0v) is 19.2. The highest BCUT2D eigenvalue weighted by atomic mass is 19.4. The lowest BCUT2D eigenvalue weighted by atomic mass is 9.99. The molecule has 0 radical (unpaired) electrons. The van der Waals surface area contributed by atoms with Crippen LogP contribution in [0.15, 0.2) is 72.8 Å². The summed E-state index contributed by atoms with van der Waals surface area (Å²) in [4.78, 5) is 14.6. The van der Waals surface area contributed by atoms with Gasteiger partial charge < -0.3 is 4.74 Å². The molecule has 0 fully saturated rings. The molecule has 1 atom stereocenters. The second kappa shape index (κ2) is 9.69. The molecule has 0 aliphatic carbocycles. The van der Waals surface area contributed by atoms with Crippen molar-refractivity contribution in [2.24, 2.45) is 0 Å². The van der Waals surface area contributed by atoms with Crippen LogP contribution in [0.3, 0.4) is 0 Å². The number of hydrogen-bond acceptors (Lipinski definition) is 2. The van der Waals surface area contributed by atoms with Gasteiger partial charge in [-0.05, 0) is 61.7 Å². The predicted octanol–water partition coefficient (Wildman–Crippen LogP) is 7.87. The number of amides is 1. The van der Waals surface area contributed by atoms with Crippen LogP contribution in [0.4, 0.5) is 18.0 Å². The Bertz CT molecular complexity index is 1140. The standard InChI is InChI=1S/C27H28F3NO2/c1-19(23-16-8-13-21-12-5-6-15-24(21)23)31(25(32)33-26(2,3)4)17-9-11-20-10-7-14-22(18-20)27(28,29)30/h5-16,18-19H,17H2,1-4H3/b11-9+. The Morgan fingerprint density at radius 1 is 1.00 bits per heavy atom. The Hall–Kier alpha value is -3.28. The van der Waals surface area contributed by atoms with E-state index in [1.807, 2.05) is 49.4 Å². The SMILES string of the molecule is CC(c1cccc2ccccc12)N(C/C=C/c1cccc(C(F)(F)F)c1)C(=O)OC(C)(C)C. The highest BCUT2D eigenvalue weighted by Gasteiger charge is 2.30. The second-order valence-electron chi connectivity index (χ2n) is 8.90. The normalized spacial score (nSPS) is 13.3. The Morgan fingerprint density at radius 3 is 2.36 bits per heavy atom. The van der Waals surface area contributed by atoms with E-state index in [0.29, 0.717) is 5.56 Å². The molecule has 3 rings (SSSR count). The average molecular weight is 456 g/mol. The van der Waals surface area contributed by atoms with Gasteiger partial charge in [-0.1, -0.05) is 66.7 Å². The fraction of sp³-hybridized carbons (Fsp3) is 0.296. The molecular weight excluding hydrogens is 427 g/mol. The topological polar surface area (TPSA) is 29.5 Å². The quantitative estimate of drug-likeness (QED) is 0.392. The van der Waals surface area contributed by atoms with Gasteiger partial charge in [-0.2, -0.15) is 13.2 Å². The number of alkyl halides is 3. The summed E-state index contributed by atoms with van der Waals surface area (Å²) in [6.45, 7) is 7.48. The van der Waals surface area contributed by atoms with Crippen LogP contribution in [0.2, 0.25) is 0 Å². The number of hydrogen-bond donors (Lipinski definition) is 0. The van der Waals surface area contributed by atoms with E-state index in [1.165, 1.54) is 6.07 Å². The maximum absolute atomic E-state index is 13.1. The monoisotopic (exact) mass is 455 g/mol. The summed E-state index contributed by atoms with van der Waals surface area (Å²) < 4.78 is 44.7. The average Bonchev–Trinajstić information content (AvgIpc) is 2.74. The van der Waals surface area contributed by atoms with E-state index >= 15 is 0 Å². The first kappa shape index (κ1) is 24.4. The van der Waals surface area contributed by atoms with Crippen LogP contribution in [0.5, 0.6) is 0 Å². The number of fused-ring (bicyclic) bond motifs is 1. The van der Waals surface area contributed by atoms with Crippen molar-refractivity contribution in [1.82, 2.24) is 4.90 Å². The van der Waals surface area contributed by atoms with E-state index in [2.05, 4.69) is 0 Å². The largest absolute Gasteiger partial charge is 0.444 e. The molecule has 1 unspecified atom stereocenters. The lowest BCUT2D eigenvalue weighted by Crippen LogP contribution is -2.38. The molecule has 6 heteroatoms. The number of benzene rings is 3. The van der Waals surface area contributed by atoms with Crippen molar-refractivity contribution < 1.29 is 22.7 Å². The van der Waals surface area contributed by atoms with Crippen molar-refractivity contribution >= 4 is 22.9 Å². The first-order valence-electron chi connectivity index (χ1n) is 10.8. The summed E-state index contributed by atoms with van der Waals surface area (Å²) in [6, 6.07) is 18.6. The van der Waals surface area contributed by atoms with Gasteiger partial charge in [0.05, 0.1) is 11.6 Å². The van der Waals surface area contributed by atoms with Gasteiger partial charge in [0.2, 0.25) is 0 Å². The van der Waals surface area contributed by atoms with Crippen LogP contribution in [0.1, 0.15) is 50.4 Å². The van der Waals surface area contributed by atoms with E-state index in [4.69, 9.17) is 4.74 Å². The van der Waals surface area contributed by atoms with Gasteiger partial charge in [0.15, 0.2) is 0 Å². The highest BCUT2D eigenvalue weighted by molar-refractivity contribution is 5.86. The van der Waals surface area contributed by atoms with Crippen LogP contribution < -0.4 is 0 Å². The lowest BCUT2D eigenvalue weighted by molar-refractivity contribution is -0.137. The predicted molar refractivity (Wildman–Crippen MR) is 126 cm³/mol. The van der Waals surface area contributed by atoms with Gasteiger partial charge in [-0.3, -0.25) is 4.90 Å². The van der Waals surface area contributed by atoms with E-state index in [1.54, 1.807) is 43.9 Å². The van der Waals surface area contributed by atoms with Crippen molar-refractivity contribution in [2.75, 3.05) is 6.54 Å². The van der Waals surface area contributed by atoms with Gasteiger partial charge in [0.25, 0.3) is 0 Å². The number of carbonyl (C=O) groups is 1. The third kappa shape index (κ3) is 6.37. The van der Waals surface area contributed by atoms with Gasteiger partial charge in [-0.15, -0.1) is 0 Å². The van der Waals surface area contributed by atoms with Crippen LogP contribution in [0, 0.1) is 0 Å². The lowest BCUT2D eigenvalue weighted by Gasteiger charge is -2.32. The first-order chi connectivity index (χ1) is 15.5. The Kier molecular flexibility index (Phi) is 7.15.